The zero-order valence-electron chi connectivity index (χ0n) is 23.3. The molecule has 0 unspecified atom stereocenters. The van der Waals surface area contributed by atoms with Gasteiger partial charge in [0.25, 0.3) is 5.91 Å². The molecule has 0 aromatic heterocycles. The summed E-state index contributed by atoms with van der Waals surface area (Å²) in [6, 6.07) is 23.4. The molecule has 2 atom stereocenters. The third-order valence-electron chi connectivity index (χ3n) is 7.63. The Morgan fingerprint density at radius 1 is 0.791 bits per heavy atom. The van der Waals surface area contributed by atoms with E-state index in [1.165, 1.54) is 6.07 Å². The number of carbonyl (C=O) groups excluding carboxylic acids is 1. The normalized spacial score (nSPS) is 17.8. The van der Waals surface area contributed by atoms with Gasteiger partial charge in [-0.25, -0.2) is 8.78 Å². The van der Waals surface area contributed by atoms with E-state index in [1.54, 1.807) is 36.4 Å². The number of carbonyl (C=O) groups is 1. The number of hydrogen-bond donors (Lipinski definition) is 3. The Hall–Kier alpha value is -4.78. The molecule has 0 radical (unpaired) electrons. The molecule has 7 nitrogen and oxygen atoms in total. The van der Waals surface area contributed by atoms with Crippen molar-refractivity contribution < 1.29 is 23.0 Å². The summed E-state index contributed by atoms with van der Waals surface area (Å²) in [5.74, 6) is -1.18. The van der Waals surface area contributed by atoms with E-state index in [0.717, 1.165) is 55.7 Å². The number of nitrogens with zero attached hydrogens (tertiary/aromatic N) is 1. The van der Waals surface area contributed by atoms with Crippen molar-refractivity contribution in [3.05, 3.63) is 102 Å². The third-order valence-corrected chi connectivity index (χ3v) is 7.63. The van der Waals surface area contributed by atoms with Gasteiger partial charge in [-0.1, -0.05) is 18.2 Å². The molecule has 218 valence electrons. The van der Waals surface area contributed by atoms with E-state index in [9.17, 15) is 18.8 Å². The van der Waals surface area contributed by atoms with Crippen LogP contribution in [0, 0.1) is 23.0 Å². The molecule has 9 heteroatoms. The standard InChI is InChI=1S/C34H30F2N4O3/c35-30-7-4-23(16-31(30)36)28-15-24(5-8-32(28)42-26-10-12-38-19-26)34(41)40-25-6-9-33(43-27-11-13-39-20-27)29(17-25)22-3-1-2-21(14-22)18-37/h1-9,14-17,26-27,38-39H,10-13,19-20H2,(H,40,41)/t26-,27-/m0/s1. The first-order valence-electron chi connectivity index (χ1n) is 14.3. The molecule has 0 saturated carbocycles. The minimum absolute atomic E-state index is 0.0220. The first kappa shape index (κ1) is 28.3. The maximum absolute atomic E-state index is 14.2. The van der Waals surface area contributed by atoms with E-state index in [0.29, 0.717) is 46.0 Å². The first-order chi connectivity index (χ1) is 21.0. The zero-order chi connectivity index (χ0) is 29.8. The Morgan fingerprint density at radius 3 is 2.12 bits per heavy atom. The van der Waals surface area contributed by atoms with Crippen LogP contribution < -0.4 is 25.4 Å². The lowest BCUT2D eigenvalue weighted by Gasteiger charge is -2.19. The second-order valence-corrected chi connectivity index (χ2v) is 10.7. The predicted molar refractivity (Wildman–Crippen MR) is 160 cm³/mol. The topological polar surface area (TPSA) is 95.4 Å². The smallest absolute Gasteiger partial charge is 0.255 e. The molecule has 2 heterocycles. The fourth-order valence-corrected chi connectivity index (χ4v) is 5.38. The van der Waals surface area contributed by atoms with E-state index in [4.69, 9.17) is 9.47 Å². The van der Waals surface area contributed by atoms with Crippen molar-refractivity contribution in [3.8, 4) is 39.8 Å². The van der Waals surface area contributed by atoms with Crippen molar-refractivity contribution in [2.45, 2.75) is 25.0 Å². The van der Waals surface area contributed by atoms with E-state index >= 15 is 0 Å². The van der Waals surface area contributed by atoms with Crippen LogP contribution in [-0.4, -0.2) is 44.3 Å². The number of anilines is 1. The summed E-state index contributed by atoms with van der Waals surface area (Å²) in [5.41, 5.74) is 3.80. The minimum Gasteiger partial charge on any atom is -0.488 e. The number of benzene rings is 4. The largest absolute Gasteiger partial charge is 0.488 e. The molecule has 2 aliphatic heterocycles. The van der Waals surface area contributed by atoms with Crippen LogP contribution in [0.25, 0.3) is 22.3 Å². The van der Waals surface area contributed by atoms with Gasteiger partial charge in [-0.05, 0) is 97.7 Å². The first-order valence-corrected chi connectivity index (χ1v) is 14.3. The van der Waals surface area contributed by atoms with E-state index in [2.05, 4.69) is 22.0 Å². The SMILES string of the molecule is N#Cc1cccc(-c2cc(NC(=O)c3ccc(O[C@H]4CCNC4)c(-c4ccc(F)c(F)c4)c3)ccc2O[C@H]2CCNC2)c1. The predicted octanol–water partition coefficient (Wildman–Crippen LogP) is 5.90. The van der Waals surface area contributed by atoms with E-state index < -0.39 is 11.6 Å². The second kappa shape index (κ2) is 12.6. The van der Waals surface area contributed by atoms with Gasteiger partial charge in [0.1, 0.15) is 23.7 Å². The average molecular weight is 581 g/mol. The summed E-state index contributed by atoms with van der Waals surface area (Å²) in [7, 11) is 0. The van der Waals surface area contributed by atoms with Gasteiger partial charge in [-0.15, -0.1) is 0 Å². The molecule has 0 aliphatic carbocycles. The van der Waals surface area contributed by atoms with Crippen LogP contribution in [0.5, 0.6) is 11.5 Å². The molecular weight excluding hydrogens is 550 g/mol. The van der Waals surface area contributed by atoms with Gasteiger partial charge in [0.05, 0.1) is 11.6 Å². The number of nitrogens with one attached hydrogen (secondary N) is 3. The third kappa shape index (κ3) is 6.51. The summed E-state index contributed by atoms with van der Waals surface area (Å²) in [6.45, 7) is 3.13. The van der Waals surface area contributed by atoms with Crippen molar-refractivity contribution in [2.75, 3.05) is 31.5 Å². The Bertz CT molecular complexity index is 1690. The van der Waals surface area contributed by atoms with Gasteiger partial charge < -0.3 is 25.4 Å². The van der Waals surface area contributed by atoms with Gasteiger partial charge >= 0.3 is 0 Å². The lowest BCUT2D eigenvalue weighted by molar-refractivity contribution is 0.102. The van der Waals surface area contributed by atoms with Gasteiger partial charge in [0.2, 0.25) is 0 Å². The quantitative estimate of drug-likeness (QED) is 0.240. The Balaban J connectivity index is 1.31. The van der Waals surface area contributed by atoms with Crippen LogP contribution in [0.3, 0.4) is 0 Å². The van der Waals surface area contributed by atoms with Gasteiger partial charge in [-0.2, -0.15) is 5.26 Å². The molecule has 1 amide bonds. The Morgan fingerprint density at radius 2 is 1.47 bits per heavy atom. The number of rotatable bonds is 8. The number of halogens is 2. The fraction of sp³-hybridized carbons (Fsp3) is 0.235. The van der Waals surface area contributed by atoms with Crippen molar-refractivity contribution in [1.29, 1.82) is 5.26 Å². The highest BCUT2D eigenvalue weighted by molar-refractivity contribution is 6.05. The molecule has 0 bridgehead atoms. The monoisotopic (exact) mass is 580 g/mol. The molecule has 4 aromatic carbocycles. The molecule has 3 N–H and O–H groups in total. The number of hydrogen-bond acceptors (Lipinski definition) is 6. The van der Waals surface area contributed by atoms with Crippen LogP contribution in [0.2, 0.25) is 0 Å². The summed E-state index contributed by atoms with van der Waals surface area (Å²) in [4.78, 5) is 13.5. The van der Waals surface area contributed by atoms with E-state index in [-0.39, 0.29) is 18.1 Å². The summed E-state index contributed by atoms with van der Waals surface area (Å²) in [5, 5.41) is 18.9. The second-order valence-electron chi connectivity index (χ2n) is 10.7. The van der Waals surface area contributed by atoms with Crippen LogP contribution in [0.1, 0.15) is 28.8 Å². The summed E-state index contributed by atoms with van der Waals surface area (Å²) < 4.78 is 40.4. The van der Waals surface area contributed by atoms with E-state index in [1.807, 2.05) is 24.3 Å². The molecule has 2 fully saturated rings. The molecule has 6 rings (SSSR count). The highest BCUT2D eigenvalue weighted by atomic mass is 19.2. The minimum atomic E-state index is -0.982. The lowest BCUT2D eigenvalue weighted by atomic mass is 10.00. The highest BCUT2D eigenvalue weighted by Gasteiger charge is 2.22. The van der Waals surface area contributed by atoms with Crippen LogP contribution >= 0.6 is 0 Å². The van der Waals surface area contributed by atoms with Crippen LogP contribution in [-0.2, 0) is 0 Å². The van der Waals surface area contributed by atoms with Crippen molar-refractivity contribution in [3.63, 3.8) is 0 Å². The molecular formula is C34H30F2N4O3. The molecule has 43 heavy (non-hydrogen) atoms. The van der Waals surface area contributed by atoms with Gasteiger partial charge in [0, 0.05) is 35.5 Å². The number of nitriles is 1. The molecule has 2 aliphatic rings. The maximum Gasteiger partial charge on any atom is 0.255 e. The van der Waals surface area contributed by atoms with Gasteiger partial charge in [0.15, 0.2) is 11.6 Å². The highest BCUT2D eigenvalue weighted by Crippen LogP contribution is 2.36. The number of ether oxygens (including phenoxy) is 2. The van der Waals surface area contributed by atoms with Crippen molar-refractivity contribution in [1.82, 2.24) is 10.6 Å². The summed E-state index contributed by atoms with van der Waals surface area (Å²) in [6.07, 6.45) is 1.65. The molecule has 2 saturated heterocycles. The van der Waals surface area contributed by atoms with Crippen LogP contribution in [0.4, 0.5) is 14.5 Å². The molecule has 4 aromatic rings. The fourth-order valence-electron chi connectivity index (χ4n) is 5.38. The van der Waals surface area contributed by atoms with Crippen LogP contribution in [0.15, 0.2) is 78.9 Å². The Labute approximate surface area is 248 Å². The van der Waals surface area contributed by atoms with Crippen molar-refractivity contribution in [2.24, 2.45) is 0 Å². The maximum atomic E-state index is 14.2. The number of amides is 1. The average Bonchev–Trinajstić information content (AvgIpc) is 3.74. The van der Waals surface area contributed by atoms with Gasteiger partial charge in [-0.3, -0.25) is 4.79 Å². The van der Waals surface area contributed by atoms with Crippen molar-refractivity contribution >= 4 is 11.6 Å². The molecule has 0 spiro atoms. The Kier molecular flexibility index (Phi) is 8.31. The summed E-state index contributed by atoms with van der Waals surface area (Å²) >= 11 is 0. The zero-order valence-corrected chi connectivity index (χ0v) is 23.3. The lowest BCUT2D eigenvalue weighted by Crippen LogP contribution is -2.20.